The number of hydrogen-bond acceptors (Lipinski definition) is 4. The Morgan fingerprint density at radius 2 is 1.87 bits per heavy atom. The molecule has 1 unspecified atom stereocenters. The summed E-state index contributed by atoms with van der Waals surface area (Å²) in [6.07, 6.45) is 2.87. The smallest absolute Gasteiger partial charge is 0.497 e. The molecule has 1 N–H and O–H groups in total. The summed E-state index contributed by atoms with van der Waals surface area (Å²) in [5.41, 5.74) is -0.342. The number of amides is 1. The normalized spacial score (nSPS) is 20.3. The van der Waals surface area contributed by atoms with Crippen LogP contribution < -0.4 is 9.47 Å². The van der Waals surface area contributed by atoms with Gasteiger partial charge in [0.15, 0.2) is 0 Å². The topological polar surface area (TPSA) is 68.1 Å². The summed E-state index contributed by atoms with van der Waals surface area (Å²) in [7, 11) is 1.59. The first kappa shape index (κ1) is 17.0. The largest absolute Gasteiger partial charge is 0.527 e. The molecule has 23 heavy (non-hydrogen) atoms. The van der Waals surface area contributed by atoms with Crippen LogP contribution in [-0.4, -0.2) is 35.4 Å². The lowest BCUT2D eigenvalue weighted by molar-refractivity contribution is -0.734. The molecule has 0 aliphatic carbocycles. The van der Waals surface area contributed by atoms with Gasteiger partial charge in [-0.25, -0.2) is 4.99 Å². The molecule has 1 aliphatic rings. The predicted octanol–water partition coefficient (Wildman–Crippen LogP) is 3.85. The van der Waals surface area contributed by atoms with E-state index in [-0.39, 0.29) is 12.1 Å². The molecule has 2 rings (SSSR count). The van der Waals surface area contributed by atoms with E-state index in [1.807, 2.05) is 20.8 Å². The number of methoxy groups -OCH3 is 1. The van der Waals surface area contributed by atoms with E-state index in [2.05, 4.69) is 4.99 Å². The van der Waals surface area contributed by atoms with E-state index in [4.69, 9.17) is 9.47 Å². The van der Waals surface area contributed by atoms with Gasteiger partial charge in [-0.15, -0.1) is 4.48 Å². The molecule has 1 amide bonds. The molecule has 0 saturated carbocycles. The Kier molecular flexibility index (Phi) is 4.75. The van der Waals surface area contributed by atoms with Gasteiger partial charge < -0.3 is 14.6 Å². The van der Waals surface area contributed by atoms with E-state index in [0.29, 0.717) is 11.6 Å². The third-order valence-corrected chi connectivity index (χ3v) is 4.22. The van der Waals surface area contributed by atoms with Crippen molar-refractivity contribution >= 4 is 11.9 Å². The van der Waals surface area contributed by atoms with Gasteiger partial charge in [0.1, 0.15) is 17.7 Å². The third kappa shape index (κ3) is 3.22. The van der Waals surface area contributed by atoms with Crippen LogP contribution in [0.2, 0.25) is 0 Å². The highest BCUT2D eigenvalue weighted by Crippen LogP contribution is 2.33. The van der Waals surface area contributed by atoms with Crippen molar-refractivity contribution in [1.29, 1.82) is 0 Å². The molecular weight excluding hydrogens is 296 g/mol. The van der Waals surface area contributed by atoms with Crippen molar-refractivity contribution in [3.05, 3.63) is 36.7 Å². The molecule has 1 atom stereocenters. The number of carbonyl (C=O) groups is 1. The Bertz CT molecular complexity index is 634. The van der Waals surface area contributed by atoms with E-state index in [0.717, 1.165) is 12.2 Å². The molecule has 1 heterocycles. The molecule has 124 valence electrons. The average molecular weight is 319 g/mol. The first-order valence-electron chi connectivity index (χ1n) is 7.50. The Labute approximate surface area is 136 Å². The SMILES string of the molecule is CCC(C)(C)C1=NC=C[N+]1(COc1ccc(OC)cc1)C(=O)O. The van der Waals surface area contributed by atoms with Gasteiger partial charge in [-0.05, 0) is 44.5 Å². The van der Waals surface area contributed by atoms with E-state index < -0.39 is 10.6 Å². The highest BCUT2D eigenvalue weighted by molar-refractivity contribution is 5.90. The second kappa shape index (κ2) is 6.42. The number of amidine groups is 1. The van der Waals surface area contributed by atoms with Crippen LogP contribution in [0.15, 0.2) is 41.7 Å². The van der Waals surface area contributed by atoms with E-state index >= 15 is 0 Å². The highest BCUT2D eigenvalue weighted by atomic mass is 16.5. The van der Waals surface area contributed by atoms with Crippen LogP contribution in [0.4, 0.5) is 4.79 Å². The van der Waals surface area contributed by atoms with Crippen LogP contribution >= 0.6 is 0 Å². The second-order valence-electron chi connectivity index (χ2n) is 6.09. The van der Waals surface area contributed by atoms with Crippen molar-refractivity contribution < 1.29 is 23.9 Å². The molecule has 6 heteroatoms. The number of ether oxygens (including phenoxy) is 2. The van der Waals surface area contributed by atoms with Crippen molar-refractivity contribution in [1.82, 2.24) is 0 Å². The van der Waals surface area contributed by atoms with Gasteiger partial charge in [0.25, 0.3) is 0 Å². The third-order valence-electron chi connectivity index (χ3n) is 4.22. The minimum absolute atomic E-state index is 0.0551. The van der Waals surface area contributed by atoms with Crippen molar-refractivity contribution in [3.8, 4) is 11.5 Å². The summed E-state index contributed by atoms with van der Waals surface area (Å²) in [5, 5.41) is 9.79. The van der Waals surface area contributed by atoms with Gasteiger partial charge in [-0.1, -0.05) is 6.92 Å². The summed E-state index contributed by atoms with van der Waals surface area (Å²) >= 11 is 0. The van der Waals surface area contributed by atoms with Crippen molar-refractivity contribution in [3.63, 3.8) is 0 Å². The Hall–Kier alpha value is -2.34. The zero-order valence-electron chi connectivity index (χ0n) is 13.9. The Morgan fingerprint density at radius 1 is 1.26 bits per heavy atom. The summed E-state index contributed by atoms with van der Waals surface area (Å²) < 4.78 is 10.4. The van der Waals surface area contributed by atoms with Gasteiger partial charge >= 0.3 is 6.09 Å². The monoisotopic (exact) mass is 319 g/mol. The minimum atomic E-state index is -1.01. The fraction of sp³-hybridized carbons (Fsp3) is 0.412. The molecule has 0 saturated heterocycles. The molecule has 1 aliphatic heterocycles. The van der Waals surface area contributed by atoms with Crippen molar-refractivity contribution in [2.75, 3.05) is 13.8 Å². The number of nitrogens with zero attached hydrogens (tertiary/aromatic N) is 2. The maximum Gasteiger partial charge on any atom is 0.527 e. The maximum absolute atomic E-state index is 12.0. The molecule has 0 bridgehead atoms. The Balaban J connectivity index is 2.23. The summed E-state index contributed by atoms with van der Waals surface area (Å²) in [6.45, 7) is 5.94. The molecule has 0 aromatic heterocycles. The Morgan fingerprint density at radius 3 is 2.39 bits per heavy atom. The molecule has 0 spiro atoms. The summed E-state index contributed by atoms with van der Waals surface area (Å²) in [6, 6.07) is 7.04. The van der Waals surface area contributed by atoms with Gasteiger partial charge in [0.2, 0.25) is 12.6 Å². The van der Waals surface area contributed by atoms with E-state index in [9.17, 15) is 9.90 Å². The van der Waals surface area contributed by atoms with E-state index in [1.165, 1.54) is 6.20 Å². The molecule has 6 nitrogen and oxygen atoms in total. The van der Waals surface area contributed by atoms with Gasteiger partial charge in [0.05, 0.1) is 18.7 Å². The quantitative estimate of drug-likeness (QED) is 0.809. The van der Waals surface area contributed by atoms with Gasteiger partial charge in [0, 0.05) is 0 Å². The fourth-order valence-corrected chi connectivity index (χ4v) is 2.43. The highest BCUT2D eigenvalue weighted by Gasteiger charge is 2.51. The van der Waals surface area contributed by atoms with Crippen molar-refractivity contribution in [2.24, 2.45) is 10.4 Å². The summed E-state index contributed by atoms with van der Waals surface area (Å²) in [4.78, 5) is 16.3. The van der Waals surface area contributed by atoms with Crippen LogP contribution in [0.25, 0.3) is 0 Å². The molecule has 1 aromatic carbocycles. The maximum atomic E-state index is 12.0. The van der Waals surface area contributed by atoms with Crippen molar-refractivity contribution in [2.45, 2.75) is 27.2 Å². The number of carboxylic acid groups (broad SMARTS) is 1. The number of rotatable bonds is 6. The van der Waals surface area contributed by atoms with E-state index in [1.54, 1.807) is 37.6 Å². The lowest BCUT2D eigenvalue weighted by Gasteiger charge is -2.33. The van der Waals surface area contributed by atoms with Crippen LogP contribution in [0.5, 0.6) is 11.5 Å². The first-order chi connectivity index (χ1) is 10.9. The number of quaternary nitrogens is 1. The van der Waals surface area contributed by atoms with Crippen LogP contribution in [0.3, 0.4) is 0 Å². The second-order valence-corrected chi connectivity index (χ2v) is 6.09. The zero-order chi connectivity index (χ0) is 17.1. The molecular formula is C17H23N2O4+. The lowest BCUT2D eigenvalue weighted by atomic mass is 9.87. The zero-order valence-corrected chi connectivity index (χ0v) is 13.9. The number of benzene rings is 1. The average Bonchev–Trinajstić information content (AvgIpc) is 2.99. The lowest BCUT2D eigenvalue weighted by Crippen LogP contribution is -2.57. The fourth-order valence-electron chi connectivity index (χ4n) is 2.43. The number of hydrogen-bond donors (Lipinski definition) is 1. The van der Waals surface area contributed by atoms with Gasteiger partial charge in [-0.3, -0.25) is 0 Å². The molecule has 0 fully saturated rings. The standard InChI is InChI=1S/C17H22N2O4/c1-5-17(2,3)15-18-10-11-19(15,16(20)21)12-23-14-8-6-13(22-4)7-9-14/h6-11H,5,12H2,1-4H3/p+1. The first-order valence-corrected chi connectivity index (χ1v) is 7.50. The molecule has 0 radical (unpaired) electrons. The van der Waals surface area contributed by atoms with Crippen LogP contribution in [0.1, 0.15) is 27.2 Å². The summed E-state index contributed by atoms with van der Waals surface area (Å²) in [5.74, 6) is 1.87. The predicted molar refractivity (Wildman–Crippen MR) is 87.4 cm³/mol. The van der Waals surface area contributed by atoms with Crippen LogP contribution in [-0.2, 0) is 0 Å². The molecule has 1 aromatic rings. The minimum Gasteiger partial charge on any atom is -0.497 e. The van der Waals surface area contributed by atoms with Crippen LogP contribution in [0, 0.1) is 5.41 Å². The number of aliphatic imine (C=N–C) groups is 1. The van der Waals surface area contributed by atoms with Gasteiger partial charge in [-0.2, -0.15) is 4.79 Å².